The highest BCUT2D eigenvalue weighted by atomic mass is 32.1. The van der Waals surface area contributed by atoms with Gasteiger partial charge in [0, 0.05) is 0 Å². The smallest absolute Gasteiger partial charge is 0.170 e. The van der Waals surface area contributed by atoms with Crippen molar-refractivity contribution >= 4 is 23.0 Å². The average molecular weight is 304 g/mol. The summed E-state index contributed by atoms with van der Waals surface area (Å²) >= 11 is 5.10. The van der Waals surface area contributed by atoms with E-state index in [1.165, 1.54) is 11.6 Å². The SMILES string of the molecule is Cc1ccc(OCCNC(=S)Nc2ccccc2F)cc1. The molecular formula is C16H17FN2OS. The van der Waals surface area contributed by atoms with Crippen molar-refractivity contribution in [2.24, 2.45) is 0 Å². The number of aryl methyl sites for hydroxylation is 1. The molecule has 0 radical (unpaired) electrons. The zero-order valence-corrected chi connectivity index (χ0v) is 12.5. The van der Waals surface area contributed by atoms with Crippen molar-refractivity contribution in [2.75, 3.05) is 18.5 Å². The molecule has 2 aromatic carbocycles. The van der Waals surface area contributed by atoms with E-state index in [9.17, 15) is 4.39 Å². The van der Waals surface area contributed by atoms with Crippen molar-refractivity contribution in [3.8, 4) is 5.75 Å². The Kier molecular flexibility index (Phi) is 5.51. The molecule has 110 valence electrons. The fourth-order valence-corrected chi connectivity index (χ4v) is 1.91. The molecule has 3 nitrogen and oxygen atoms in total. The van der Waals surface area contributed by atoms with Crippen molar-refractivity contribution in [1.82, 2.24) is 5.32 Å². The highest BCUT2D eigenvalue weighted by Crippen LogP contribution is 2.12. The van der Waals surface area contributed by atoms with Gasteiger partial charge >= 0.3 is 0 Å². The summed E-state index contributed by atoms with van der Waals surface area (Å²) in [6.07, 6.45) is 0. The van der Waals surface area contributed by atoms with E-state index in [-0.39, 0.29) is 5.82 Å². The first-order valence-corrected chi connectivity index (χ1v) is 7.05. The van der Waals surface area contributed by atoms with E-state index in [2.05, 4.69) is 10.6 Å². The molecule has 0 fully saturated rings. The number of nitrogens with one attached hydrogen (secondary N) is 2. The van der Waals surface area contributed by atoms with Gasteiger partial charge in [0.25, 0.3) is 0 Å². The molecule has 0 aliphatic heterocycles. The van der Waals surface area contributed by atoms with Crippen molar-refractivity contribution in [3.63, 3.8) is 0 Å². The van der Waals surface area contributed by atoms with Crippen LogP contribution in [-0.2, 0) is 0 Å². The Morgan fingerprint density at radius 1 is 1.14 bits per heavy atom. The first-order chi connectivity index (χ1) is 10.1. The van der Waals surface area contributed by atoms with Gasteiger partial charge in [-0.15, -0.1) is 0 Å². The molecule has 0 bridgehead atoms. The number of halogens is 1. The van der Waals surface area contributed by atoms with Crippen LogP contribution < -0.4 is 15.4 Å². The number of benzene rings is 2. The topological polar surface area (TPSA) is 33.3 Å². The van der Waals surface area contributed by atoms with Gasteiger partial charge in [0.2, 0.25) is 0 Å². The summed E-state index contributed by atoms with van der Waals surface area (Å²) in [4.78, 5) is 0. The van der Waals surface area contributed by atoms with E-state index in [1.807, 2.05) is 31.2 Å². The summed E-state index contributed by atoms with van der Waals surface area (Å²) in [5, 5.41) is 6.14. The fraction of sp³-hybridized carbons (Fsp3) is 0.188. The Morgan fingerprint density at radius 2 is 1.86 bits per heavy atom. The molecule has 0 spiro atoms. The summed E-state index contributed by atoms with van der Waals surface area (Å²) in [6.45, 7) is 3.04. The number of hydrogen-bond donors (Lipinski definition) is 2. The molecule has 2 aromatic rings. The van der Waals surface area contributed by atoms with Crippen LogP contribution in [0.1, 0.15) is 5.56 Å². The minimum atomic E-state index is -0.336. The van der Waals surface area contributed by atoms with E-state index >= 15 is 0 Å². The summed E-state index contributed by atoms with van der Waals surface area (Å²) in [6, 6.07) is 14.2. The zero-order chi connectivity index (χ0) is 15.1. The van der Waals surface area contributed by atoms with Gasteiger partial charge in [-0.25, -0.2) is 4.39 Å². The first kappa shape index (κ1) is 15.3. The van der Waals surface area contributed by atoms with E-state index < -0.39 is 0 Å². The molecule has 0 heterocycles. The van der Waals surface area contributed by atoms with Gasteiger partial charge in [0.05, 0.1) is 12.2 Å². The summed E-state index contributed by atoms with van der Waals surface area (Å²) < 4.78 is 19.0. The average Bonchev–Trinajstić information content (AvgIpc) is 2.48. The lowest BCUT2D eigenvalue weighted by Gasteiger charge is -2.11. The van der Waals surface area contributed by atoms with E-state index in [1.54, 1.807) is 18.2 Å². The number of thiocarbonyl (C=S) groups is 1. The minimum Gasteiger partial charge on any atom is -0.492 e. The quantitative estimate of drug-likeness (QED) is 0.654. The molecule has 0 saturated carbocycles. The normalized spacial score (nSPS) is 10.0. The molecule has 0 aromatic heterocycles. The molecule has 0 unspecified atom stereocenters. The van der Waals surface area contributed by atoms with Crippen LogP contribution in [0.25, 0.3) is 0 Å². The third-order valence-electron chi connectivity index (χ3n) is 2.80. The van der Waals surface area contributed by atoms with Gasteiger partial charge < -0.3 is 15.4 Å². The monoisotopic (exact) mass is 304 g/mol. The number of para-hydroxylation sites is 1. The molecular weight excluding hydrogens is 287 g/mol. The van der Waals surface area contributed by atoms with Crippen LogP contribution in [-0.4, -0.2) is 18.3 Å². The van der Waals surface area contributed by atoms with Crippen LogP contribution in [0.4, 0.5) is 10.1 Å². The second-order valence-electron chi connectivity index (χ2n) is 4.52. The van der Waals surface area contributed by atoms with Crippen LogP contribution in [0.5, 0.6) is 5.75 Å². The fourth-order valence-electron chi connectivity index (χ4n) is 1.70. The zero-order valence-electron chi connectivity index (χ0n) is 11.7. The molecule has 2 rings (SSSR count). The highest BCUT2D eigenvalue weighted by Gasteiger charge is 2.02. The van der Waals surface area contributed by atoms with Crippen LogP contribution in [0, 0.1) is 12.7 Å². The molecule has 5 heteroatoms. The Balaban J connectivity index is 1.70. The Morgan fingerprint density at radius 3 is 2.57 bits per heavy atom. The second-order valence-corrected chi connectivity index (χ2v) is 4.93. The van der Waals surface area contributed by atoms with Gasteiger partial charge in [-0.2, -0.15) is 0 Å². The molecule has 0 aliphatic carbocycles. The van der Waals surface area contributed by atoms with E-state index in [4.69, 9.17) is 17.0 Å². The number of hydrogen-bond acceptors (Lipinski definition) is 2. The summed E-state index contributed by atoms with van der Waals surface area (Å²) in [5.41, 5.74) is 1.55. The molecule has 0 aliphatic rings. The number of ether oxygens (including phenoxy) is 1. The predicted octanol–water partition coefficient (Wildman–Crippen LogP) is 3.50. The second kappa shape index (κ2) is 7.59. The highest BCUT2D eigenvalue weighted by molar-refractivity contribution is 7.80. The number of anilines is 1. The Hall–Kier alpha value is -2.14. The lowest BCUT2D eigenvalue weighted by molar-refractivity contribution is 0.322. The minimum absolute atomic E-state index is 0.336. The summed E-state index contributed by atoms with van der Waals surface area (Å²) in [5.74, 6) is 0.480. The molecule has 21 heavy (non-hydrogen) atoms. The van der Waals surface area contributed by atoms with Gasteiger partial charge in [0.1, 0.15) is 18.2 Å². The van der Waals surface area contributed by atoms with Gasteiger partial charge in [-0.3, -0.25) is 0 Å². The Bertz CT molecular complexity index is 601. The lowest BCUT2D eigenvalue weighted by atomic mass is 10.2. The molecule has 0 atom stereocenters. The predicted molar refractivity (Wildman–Crippen MR) is 87.3 cm³/mol. The molecule has 0 saturated heterocycles. The van der Waals surface area contributed by atoms with Gasteiger partial charge in [-0.1, -0.05) is 29.8 Å². The van der Waals surface area contributed by atoms with Crippen LogP contribution in [0.2, 0.25) is 0 Å². The largest absolute Gasteiger partial charge is 0.492 e. The number of rotatable bonds is 5. The van der Waals surface area contributed by atoms with Gasteiger partial charge in [-0.05, 0) is 43.4 Å². The van der Waals surface area contributed by atoms with Crippen LogP contribution in [0.15, 0.2) is 48.5 Å². The van der Waals surface area contributed by atoms with Crippen LogP contribution in [0.3, 0.4) is 0 Å². The first-order valence-electron chi connectivity index (χ1n) is 6.64. The standard InChI is InChI=1S/C16H17FN2OS/c1-12-6-8-13(9-7-12)20-11-10-18-16(21)19-15-5-3-2-4-14(15)17/h2-9H,10-11H2,1H3,(H2,18,19,21). The maximum absolute atomic E-state index is 13.4. The maximum Gasteiger partial charge on any atom is 0.170 e. The molecule has 0 amide bonds. The van der Waals surface area contributed by atoms with E-state index in [0.29, 0.717) is 24.0 Å². The van der Waals surface area contributed by atoms with Crippen molar-refractivity contribution in [1.29, 1.82) is 0 Å². The lowest BCUT2D eigenvalue weighted by Crippen LogP contribution is -2.32. The van der Waals surface area contributed by atoms with Crippen LogP contribution >= 0.6 is 12.2 Å². The maximum atomic E-state index is 13.4. The molecule has 2 N–H and O–H groups in total. The Labute approximate surface area is 129 Å². The van der Waals surface area contributed by atoms with Crippen molar-refractivity contribution in [3.05, 3.63) is 59.9 Å². The van der Waals surface area contributed by atoms with Crippen molar-refractivity contribution < 1.29 is 9.13 Å². The van der Waals surface area contributed by atoms with E-state index in [0.717, 1.165) is 5.75 Å². The third-order valence-corrected chi connectivity index (χ3v) is 3.05. The van der Waals surface area contributed by atoms with Crippen molar-refractivity contribution in [2.45, 2.75) is 6.92 Å². The third kappa shape index (κ3) is 5.04. The van der Waals surface area contributed by atoms with Gasteiger partial charge in [0.15, 0.2) is 5.11 Å². The summed E-state index contributed by atoms with van der Waals surface area (Å²) in [7, 11) is 0.